The van der Waals surface area contributed by atoms with Crippen LogP contribution in [0.15, 0.2) is 0 Å². The summed E-state index contributed by atoms with van der Waals surface area (Å²) in [5.74, 6) is -9.82. The summed E-state index contributed by atoms with van der Waals surface area (Å²) < 4.78 is 9.00. The van der Waals surface area contributed by atoms with E-state index in [9.17, 15) is 33.6 Å². The van der Waals surface area contributed by atoms with Crippen molar-refractivity contribution < 1.29 is 88.7 Å². The lowest BCUT2D eigenvalue weighted by atomic mass is 10.1. The van der Waals surface area contributed by atoms with E-state index in [0.29, 0.717) is 0 Å². The molecule has 0 aromatic heterocycles. The van der Waals surface area contributed by atoms with E-state index in [1.54, 1.807) is 13.8 Å². The van der Waals surface area contributed by atoms with Crippen molar-refractivity contribution in [3.63, 3.8) is 0 Å². The van der Waals surface area contributed by atoms with Crippen LogP contribution in [0.2, 0.25) is 0 Å². The highest BCUT2D eigenvalue weighted by atomic mass is 16.6. The van der Waals surface area contributed by atoms with Crippen molar-refractivity contribution in [1.82, 2.24) is 0 Å². The first-order valence-electron chi connectivity index (χ1n) is 12.6. The summed E-state index contributed by atoms with van der Waals surface area (Å²) in [7, 11) is 0.990. The number of hydrogen-bond donors (Lipinski definition) is 8. The molecule has 8 N–H and O–H groups in total. The maximum Gasteiger partial charge on any atom is 0.336 e. The number of hydrogen-bond acceptors (Lipinski definition) is 10. The van der Waals surface area contributed by atoms with Crippen molar-refractivity contribution in [2.45, 2.75) is 99.9 Å². The van der Waals surface area contributed by atoms with Crippen LogP contribution in [0.5, 0.6) is 0 Å². The molecule has 256 valence electrons. The van der Waals surface area contributed by atoms with E-state index in [2.05, 4.69) is 9.47 Å². The quantitative estimate of drug-likeness (QED) is 0.152. The molecule has 0 aliphatic heterocycles. The lowest BCUT2D eigenvalue weighted by Gasteiger charge is -2.21. The van der Waals surface area contributed by atoms with Gasteiger partial charge in [0, 0.05) is 26.9 Å². The summed E-state index contributed by atoms with van der Waals surface area (Å²) >= 11 is 0. The summed E-state index contributed by atoms with van der Waals surface area (Å²) in [5, 5.41) is 64.9. The fraction of sp³-hybridized carbons (Fsp3) is 0.680. The van der Waals surface area contributed by atoms with Gasteiger partial charge in [0.1, 0.15) is 0 Å². The van der Waals surface area contributed by atoms with Crippen molar-refractivity contribution >= 4 is 47.8 Å². The first kappa shape index (κ1) is 54.7. The third-order valence-electron chi connectivity index (χ3n) is 3.22. The van der Waals surface area contributed by atoms with Gasteiger partial charge in [-0.2, -0.15) is 0 Å². The molecule has 18 nitrogen and oxygen atoms in total. The van der Waals surface area contributed by atoms with Crippen LogP contribution in [0.3, 0.4) is 0 Å². The van der Waals surface area contributed by atoms with Gasteiger partial charge in [0.2, 0.25) is 0 Å². The number of carbonyl (C=O) groups is 8. The Bertz CT molecular complexity index is 775. The third-order valence-corrected chi connectivity index (χ3v) is 3.22. The zero-order valence-electron chi connectivity index (χ0n) is 26.1. The predicted octanol–water partition coefficient (Wildman–Crippen LogP) is 2.32. The van der Waals surface area contributed by atoms with Crippen LogP contribution in [0.25, 0.3) is 0 Å². The van der Waals surface area contributed by atoms with Gasteiger partial charge in [0.05, 0.1) is 12.3 Å². The lowest BCUT2D eigenvalue weighted by Crippen LogP contribution is -2.45. The average Bonchev–Trinajstić information content (AvgIpc) is 2.90. The highest BCUT2D eigenvalue weighted by Gasteiger charge is 2.37. The Morgan fingerprint density at radius 2 is 0.837 bits per heavy atom. The fourth-order valence-corrected chi connectivity index (χ4v) is 1.24. The zero-order chi connectivity index (χ0) is 36.5. The Hall–Kier alpha value is -4.32. The van der Waals surface area contributed by atoms with Crippen LogP contribution >= 0.6 is 0 Å². The Balaban J connectivity index is -0.0000000811. The lowest BCUT2D eigenvalue weighted by molar-refractivity contribution is -0.183. The van der Waals surface area contributed by atoms with E-state index in [4.69, 9.17) is 45.6 Å². The highest BCUT2D eigenvalue weighted by molar-refractivity contribution is 5.84. The highest BCUT2D eigenvalue weighted by Crippen LogP contribution is 2.08. The molecule has 0 aliphatic carbocycles. The molecule has 4 unspecified atom stereocenters. The Labute approximate surface area is 249 Å². The van der Waals surface area contributed by atoms with E-state index in [0.717, 1.165) is 21.0 Å². The smallest absolute Gasteiger partial charge is 0.336 e. The molecule has 0 saturated carbocycles. The molecule has 0 aromatic rings. The number of ether oxygens (including phenoxy) is 2. The molecule has 0 rings (SSSR count). The molecular weight excluding hydrogens is 588 g/mol. The van der Waals surface area contributed by atoms with Crippen LogP contribution in [0, 0.1) is 5.92 Å². The van der Waals surface area contributed by atoms with E-state index < -0.39 is 72.0 Å². The van der Waals surface area contributed by atoms with Crippen molar-refractivity contribution in [3.05, 3.63) is 0 Å². The van der Waals surface area contributed by atoms with E-state index in [-0.39, 0.29) is 19.3 Å². The second-order valence-electron chi connectivity index (χ2n) is 6.72. The fourth-order valence-electron chi connectivity index (χ4n) is 1.24. The van der Waals surface area contributed by atoms with E-state index in [1.165, 1.54) is 6.92 Å². The Morgan fingerprint density at radius 3 is 0.953 bits per heavy atom. The molecule has 0 amide bonds. The maximum absolute atomic E-state index is 10.7. The van der Waals surface area contributed by atoms with Gasteiger partial charge in [-0.15, -0.1) is 0 Å². The standard InChI is InChI=1S/C8H12O8.C5H8O4.2C3H6O2.C2H4O2.2C2H6/c1-3(6(9)10)16-5(8(13)14)4(15-2)7(11)12;1-3(5(8)9)2-4(6)7;2*1-2-3(4)5;1-2(3)4;2*1-2/h3-5H,1-2H3,(H,9,10)(H,11,12)(H,13,14);3H,2H2,1H3,(H,6,7)(H,8,9);2*2H2,1H3,(H,4,5);1H3,(H,3,4);2*1-2H3. The summed E-state index contributed by atoms with van der Waals surface area (Å²) in [5.41, 5.74) is 0. The minimum Gasteiger partial charge on any atom is -0.481 e. The summed E-state index contributed by atoms with van der Waals surface area (Å²) in [6, 6.07) is 0. The summed E-state index contributed by atoms with van der Waals surface area (Å²) in [6.45, 7) is 14.7. The van der Waals surface area contributed by atoms with Crippen molar-refractivity contribution in [1.29, 1.82) is 0 Å². The number of carboxylic acid groups (broad SMARTS) is 8. The van der Waals surface area contributed by atoms with Crippen LogP contribution in [-0.2, 0) is 47.8 Å². The Kier molecular flexibility index (Phi) is 47.9. The molecule has 0 fully saturated rings. The summed E-state index contributed by atoms with van der Waals surface area (Å²) in [4.78, 5) is 79.3. The van der Waals surface area contributed by atoms with E-state index >= 15 is 0 Å². The third kappa shape index (κ3) is 54.5. The molecule has 0 bridgehead atoms. The minimum absolute atomic E-state index is 0.222. The van der Waals surface area contributed by atoms with Crippen molar-refractivity contribution in [3.8, 4) is 0 Å². The topological polar surface area (TPSA) is 317 Å². The number of carboxylic acids is 8. The Morgan fingerprint density at radius 1 is 0.558 bits per heavy atom. The number of methoxy groups -OCH3 is 1. The van der Waals surface area contributed by atoms with Gasteiger partial charge in [0.15, 0.2) is 18.3 Å². The molecular formula is C25H48O18. The molecule has 18 heteroatoms. The van der Waals surface area contributed by atoms with Gasteiger partial charge in [-0.1, -0.05) is 48.5 Å². The molecule has 0 heterocycles. The predicted molar refractivity (Wildman–Crippen MR) is 149 cm³/mol. The van der Waals surface area contributed by atoms with Gasteiger partial charge < -0.3 is 50.3 Å². The van der Waals surface area contributed by atoms with Crippen LogP contribution < -0.4 is 0 Å². The molecule has 0 aliphatic rings. The molecule has 4 atom stereocenters. The largest absolute Gasteiger partial charge is 0.481 e. The second kappa shape index (κ2) is 37.7. The minimum atomic E-state index is -1.88. The van der Waals surface area contributed by atoms with Gasteiger partial charge in [-0.3, -0.25) is 24.0 Å². The van der Waals surface area contributed by atoms with Crippen LogP contribution in [0.4, 0.5) is 0 Å². The normalized spacial score (nSPS) is 11.2. The van der Waals surface area contributed by atoms with Crippen molar-refractivity contribution in [2.75, 3.05) is 7.11 Å². The molecule has 0 aromatic carbocycles. The van der Waals surface area contributed by atoms with Crippen LogP contribution in [0.1, 0.15) is 81.6 Å². The van der Waals surface area contributed by atoms with Gasteiger partial charge in [-0.05, 0) is 6.92 Å². The monoisotopic (exact) mass is 636 g/mol. The molecule has 0 saturated heterocycles. The molecule has 0 radical (unpaired) electrons. The van der Waals surface area contributed by atoms with Crippen molar-refractivity contribution in [2.24, 2.45) is 5.92 Å². The second-order valence-corrected chi connectivity index (χ2v) is 6.72. The molecule has 0 spiro atoms. The first-order valence-corrected chi connectivity index (χ1v) is 12.6. The van der Waals surface area contributed by atoms with Crippen LogP contribution in [-0.4, -0.2) is 114 Å². The summed E-state index contributed by atoms with van der Waals surface area (Å²) in [6.07, 6.45) is -4.96. The maximum atomic E-state index is 10.7. The van der Waals surface area contributed by atoms with Gasteiger partial charge in [-0.25, -0.2) is 14.4 Å². The van der Waals surface area contributed by atoms with Gasteiger partial charge >= 0.3 is 41.8 Å². The van der Waals surface area contributed by atoms with Gasteiger partial charge in [0.25, 0.3) is 5.97 Å². The SMILES string of the molecule is CC.CC.CC(=O)O.CC(CC(=O)O)C(=O)O.CCC(=O)O.CCC(=O)O.COC(C(=O)O)C(OC(C)C(=O)O)C(=O)O. The van der Waals surface area contributed by atoms with E-state index in [1.807, 2.05) is 27.7 Å². The molecule has 43 heavy (non-hydrogen) atoms. The number of rotatable bonds is 12. The zero-order valence-corrected chi connectivity index (χ0v) is 26.1. The average molecular weight is 637 g/mol. The number of aliphatic carboxylic acids is 8. The first-order chi connectivity index (χ1) is 19.6.